The normalized spacial score (nSPS) is 9.83. The van der Waals surface area contributed by atoms with Gasteiger partial charge in [0.25, 0.3) is 0 Å². The van der Waals surface area contributed by atoms with Crippen LogP contribution in [0.1, 0.15) is 34.8 Å². The molecule has 0 aliphatic rings. The van der Waals surface area contributed by atoms with Crippen LogP contribution in [-0.2, 0) is 6.42 Å². The van der Waals surface area contributed by atoms with E-state index in [1.54, 1.807) is 0 Å². The third kappa shape index (κ3) is 1.94. The Balaban J connectivity index is 2.94. The van der Waals surface area contributed by atoms with E-state index in [9.17, 15) is 4.79 Å². The Morgan fingerprint density at radius 1 is 1.42 bits per heavy atom. The lowest BCUT2D eigenvalue weighted by molar-refractivity contribution is 0.112. The molecule has 0 spiro atoms. The van der Waals surface area contributed by atoms with E-state index in [4.69, 9.17) is 0 Å². The Bertz CT molecular complexity index is 276. The molecule has 0 unspecified atom stereocenters. The summed E-state index contributed by atoms with van der Waals surface area (Å²) in [6.07, 6.45) is 3.15. The van der Waals surface area contributed by atoms with Gasteiger partial charge in [-0.1, -0.05) is 25.5 Å². The Labute approximate surface area is 73.4 Å². The van der Waals surface area contributed by atoms with Crippen molar-refractivity contribution >= 4 is 6.29 Å². The molecule has 0 aromatic heterocycles. The molecule has 0 bridgehead atoms. The average Bonchev–Trinajstić information content (AvgIpc) is 2.09. The maximum Gasteiger partial charge on any atom is 0.150 e. The molecular formula is C11H14O. The van der Waals surface area contributed by atoms with Crippen LogP contribution in [0.3, 0.4) is 0 Å². The molecule has 0 radical (unpaired) electrons. The van der Waals surface area contributed by atoms with Crippen LogP contribution < -0.4 is 0 Å². The molecule has 0 atom stereocenters. The van der Waals surface area contributed by atoms with Crippen LogP contribution >= 0.6 is 0 Å². The smallest absolute Gasteiger partial charge is 0.150 e. The molecule has 1 aromatic carbocycles. The van der Waals surface area contributed by atoms with Gasteiger partial charge in [-0.15, -0.1) is 0 Å². The van der Waals surface area contributed by atoms with E-state index >= 15 is 0 Å². The van der Waals surface area contributed by atoms with E-state index in [1.165, 1.54) is 11.1 Å². The predicted molar refractivity (Wildman–Crippen MR) is 50.6 cm³/mol. The van der Waals surface area contributed by atoms with Crippen LogP contribution in [0.4, 0.5) is 0 Å². The predicted octanol–water partition coefficient (Wildman–Crippen LogP) is 2.76. The van der Waals surface area contributed by atoms with Crippen molar-refractivity contribution in [3.8, 4) is 0 Å². The molecule has 12 heavy (non-hydrogen) atoms. The van der Waals surface area contributed by atoms with E-state index in [0.717, 1.165) is 24.7 Å². The zero-order valence-electron chi connectivity index (χ0n) is 7.63. The zero-order chi connectivity index (χ0) is 8.97. The first-order valence-corrected chi connectivity index (χ1v) is 4.32. The Hall–Kier alpha value is -1.11. The van der Waals surface area contributed by atoms with Gasteiger partial charge in [0, 0.05) is 5.56 Å². The molecule has 0 saturated heterocycles. The van der Waals surface area contributed by atoms with Gasteiger partial charge < -0.3 is 0 Å². The molecule has 1 rings (SSSR count). The summed E-state index contributed by atoms with van der Waals surface area (Å²) in [5.74, 6) is 0. The molecule has 0 amide bonds. The minimum absolute atomic E-state index is 0.771. The number of benzene rings is 1. The number of rotatable bonds is 3. The van der Waals surface area contributed by atoms with Gasteiger partial charge in [-0.3, -0.25) is 4.79 Å². The van der Waals surface area contributed by atoms with E-state index in [2.05, 4.69) is 13.8 Å². The number of hydrogen-bond acceptors (Lipinski definition) is 1. The van der Waals surface area contributed by atoms with Crippen LogP contribution in [0.2, 0.25) is 0 Å². The fraction of sp³-hybridized carbons (Fsp3) is 0.364. The van der Waals surface area contributed by atoms with Crippen molar-refractivity contribution in [2.45, 2.75) is 26.7 Å². The van der Waals surface area contributed by atoms with Crippen LogP contribution in [0.5, 0.6) is 0 Å². The highest BCUT2D eigenvalue weighted by molar-refractivity contribution is 5.75. The third-order valence-electron chi connectivity index (χ3n) is 2.02. The first kappa shape index (κ1) is 8.98. The maximum absolute atomic E-state index is 10.4. The number of carbonyl (C=O) groups is 1. The third-order valence-corrected chi connectivity index (χ3v) is 2.02. The molecule has 1 nitrogen and oxygen atoms in total. The highest BCUT2D eigenvalue weighted by Gasteiger charge is 1.97. The van der Waals surface area contributed by atoms with E-state index < -0.39 is 0 Å². The van der Waals surface area contributed by atoms with Gasteiger partial charge in [0.2, 0.25) is 0 Å². The largest absolute Gasteiger partial charge is 0.298 e. The maximum atomic E-state index is 10.4. The number of aryl methyl sites for hydroxylation is 2. The average molecular weight is 162 g/mol. The van der Waals surface area contributed by atoms with Crippen molar-refractivity contribution in [1.82, 2.24) is 0 Å². The second kappa shape index (κ2) is 4.05. The summed E-state index contributed by atoms with van der Waals surface area (Å²) in [5, 5.41) is 0. The number of carbonyl (C=O) groups excluding carboxylic acids is 1. The number of hydrogen-bond donors (Lipinski definition) is 0. The molecule has 0 aliphatic carbocycles. The second-order valence-electron chi connectivity index (χ2n) is 3.05. The van der Waals surface area contributed by atoms with Crippen LogP contribution in [0.15, 0.2) is 18.2 Å². The lowest BCUT2D eigenvalue weighted by Crippen LogP contribution is -1.90. The quantitative estimate of drug-likeness (QED) is 0.624. The molecular weight excluding hydrogens is 148 g/mol. The zero-order valence-corrected chi connectivity index (χ0v) is 7.63. The summed E-state index contributed by atoms with van der Waals surface area (Å²) >= 11 is 0. The minimum Gasteiger partial charge on any atom is -0.298 e. The van der Waals surface area contributed by atoms with Crippen LogP contribution in [0.25, 0.3) is 0 Å². The first-order chi connectivity index (χ1) is 5.77. The minimum atomic E-state index is 0.771. The Kier molecular flexibility index (Phi) is 3.03. The summed E-state index contributed by atoms with van der Waals surface area (Å²) in [6.45, 7) is 4.21. The Morgan fingerprint density at radius 2 is 2.17 bits per heavy atom. The van der Waals surface area contributed by atoms with Gasteiger partial charge in [0.1, 0.15) is 6.29 Å². The van der Waals surface area contributed by atoms with Crippen molar-refractivity contribution in [3.05, 3.63) is 34.9 Å². The Morgan fingerprint density at radius 3 is 2.67 bits per heavy atom. The fourth-order valence-electron chi connectivity index (χ4n) is 1.34. The summed E-state index contributed by atoms with van der Waals surface area (Å²) in [6, 6.07) is 5.87. The van der Waals surface area contributed by atoms with Crippen molar-refractivity contribution in [3.63, 3.8) is 0 Å². The van der Waals surface area contributed by atoms with Gasteiger partial charge >= 0.3 is 0 Å². The van der Waals surface area contributed by atoms with E-state index in [1.807, 2.05) is 18.2 Å². The van der Waals surface area contributed by atoms with Gasteiger partial charge in [-0.2, -0.15) is 0 Å². The van der Waals surface area contributed by atoms with Crippen LogP contribution in [-0.4, -0.2) is 6.29 Å². The van der Waals surface area contributed by atoms with Gasteiger partial charge in [0.15, 0.2) is 0 Å². The lowest BCUT2D eigenvalue weighted by atomic mass is 10.0. The molecule has 0 aliphatic heterocycles. The standard InChI is InChI=1S/C11H14O/c1-3-4-11-6-5-10(8-12)7-9(11)2/h5-8H,3-4H2,1-2H3. The van der Waals surface area contributed by atoms with Gasteiger partial charge in [0.05, 0.1) is 0 Å². The molecule has 0 saturated carbocycles. The van der Waals surface area contributed by atoms with E-state index in [0.29, 0.717) is 0 Å². The fourth-order valence-corrected chi connectivity index (χ4v) is 1.34. The molecule has 1 heteroatoms. The highest BCUT2D eigenvalue weighted by Crippen LogP contribution is 2.11. The SMILES string of the molecule is CCCc1ccc(C=O)cc1C. The van der Waals surface area contributed by atoms with Crippen molar-refractivity contribution < 1.29 is 4.79 Å². The van der Waals surface area contributed by atoms with Crippen LogP contribution in [0, 0.1) is 6.92 Å². The summed E-state index contributed by atoms with van der Waals surface area (Å²) in [5.41, 5.74) is 3.34. The number of aldehydes is 1. The molecule has 0 N–H and O–H groups in total. The van der Waals surface area contributed by atoms with Gasteiger partial charge in [-0.05, 0) is 30.5 Å². The second-order valence-corrected chi connectivity index (χ2v) is 3.05. The van der Waals surface area contributed by atoms with Crippen molar-refractivity contribution in [1.29, 1.82) is 0 Å². The lowest BCUT2D eigenvalue weighted by Gasteiger charge is -2.03. The first-order valence-electron chi connectivity index (χ1n) is 4.32. The summed E-state index contributed by atoms with van der Waals surface area (Å²) in [7, 11) is 0. The molecule has 1 aromatic rings. The topological polar surface area (TPSA) is 17.1 Å². The highest BCUT2D eigenvalue weighted by atomic mass is 16.1. The summed E-state index contributed by atoms with van der Waals surface area (Å²) in [4.78, 5) is 10.4. The monoisotopic (exact) mass is 162 g/mol. The van der Waals surface area contributed by atoms with E-state index in [-0.39, 0.29) is 0 Å². The molecule has 0 heterocycles. The van der Waals surface area contributed by atoms with Gasteiger partial charge in [-0.25, -0.2) is 0 Å². The summed E-state index contributed by atoms with van der Waals surface area (Å²) < 4.78 is 0. The van der Waals surface area contributed by atoms with Crippen molar-refractivity contribution in [2.75, 3.05) is 0 Å². The molecule has 64 valence electrons. The van der Waals surface area contributed by atoms with Crippen molar-refractivity contribution in [2.24, 2.45) is 0 Å². The molecule has 0 fully saturated rings.